The molecule has 0 spiro atoms. The molecule has 0 amide bonds. The van der Waals surface area contributed by atoms with Crippen molar-refractivity contribution in [1.82, 2.24) is 19.7 Å². The van der Waals surface area contributed by atoms with Gasteiger partial charge < -0.3 is 13.7 Å². The summed E-state index contributed by atoms with van der Waals surface area (Å²) in [4.78, 5) is 2.33. The molecule has 0 radical (unpaired) electrons. The lowest BCUT2D eigenvalue weighted by Gasteiger charge is -2.31. The topological polar surface area (TPSA) is 56.3 Å². The van der Waals surface area contributed by atoms with Crippen LogP contribution in [0.1, 0.15) is 30.4 Å². The van der Waals surface area contributed by atoms with Gasteiger partial charge in [0.25, 0.3) is 0 Å². The first kappa shape index (κ1) is 13.3. The predicted octanol–water partition coefficient (Wildman–Crippen LogP) is 1.54. The standard InChI is InChI=1S/C14H20N4O2/c1-3-11-4-5-12(20-11)8-18-6-7-19-13(9-18)14-16-15-10-17(14)2/h4-5,10,13H,3,6-9H2,1-2H3. The molecule has 1 saturated heterocycles. The summed E-state index contributed by atoms with van der Waals surface area (Å²) < 4.78 is 13.5. The normalized spacial score (nSPS) is 20.4. The number of furan rings is 1. The van der Waals surface area contributed by atoms with Crippen LogP contribution in [0.2, 0.25) is 0 Å². The average Bonchev–Trinajstić information content (AvgIpc) is 3.08. The summed E-state index contributed by atoms with van der Waals surface area (Å²) >= 11 is 0. The van der Waals surface area contributed by atoms with Gasteiger partial charge in [0, 0.05) is 26.6 Å². The van der Waals surface area contributed by atoms with Crippen molar-refractivity contribution in [1.29, 1.82) is 0 Å². The van der Waals surface area contributed by atoms with Gasteiger partial charge in [-0.05, 0) is 12.1 Å². The zero-order valence-electron chi connectivity index (χ0n) is 12.0. The molecule has 2 aromatic rings. The molecule has 108 valence electrons. The molecule has 0 aromatic carbocycles. The number of ether oxygens (including phenoxy) is 1. The van der Waals surface area contributed by atoms with Crippen molar-refractivity contribution in [2.24, 2.45) is 7.05 Å². The zero-order chi connectivity index (χ0) is 13.9. The molecule has 6 heteroatoms. The molecular formula is C14H20N4O2. The largest absolute Gasteiger partial charge is 0.465 e. The zero-order valence-corrected chi connectivity index (χ0v) is 12.0. The Morgan fingerprint density at radius 2 is 2.20 bits per heavy atom. The van der Waals surface area contributed by atoms with Gasteiger partial charge in [-0.1, -0.05) is 6.92 Å². The molecule has 3 rings (SSSR count). The fraction of sp³-hybridized carbons (Fsp3) is 0.571. The highest BCUT2D eigenvalue weighted by Gasteiger charge is 2.25. The van der Waals surface area contributed by atoms with Crippen molar-refractivity contribution < 1.29 is 9.15 Å². The van der Waals surface area contributed by atoms with Crippen LogP contribution in [0.3, 0.4) is 0 Å². The maximum Gasteiger partial charge on any atom is 0.163 e. The van der Waals surface area contributed by atoms with Crippen LogP contribution in [0.15, 0.2) is 22.9 Å². The summed E-state index contributed by atoms with van der Waals surface area (Å²) in [7, 11) is 1.94. The van der Waals surface area contributed by atoms with Crippen LogP contribution < -0.4 is 0 Å². The van der Waals surface area contributed by atoms with Crippen LogP contribution in [0.5, 0.6) is 0 Å². The fourth-order valence-corrected chi connectivity index (χ4v) is 2.50. The van der Waals surface area contributed by atoms with E-state index in [9.17, 15) is 0 Å². The van der Waals surface area contributed by atoms with E-state index >= 15 is 0 Å². The van der Waals surface area contributed by atoms with E-state index < -0.39 is 0 Å². The van der Waals surface area contributed by atoms with Gasteiger partial charge in [-0.2, -0.15) is 0 Å². The smallest absolute Gasteiger partial charge is 0.163 e. The summed E-state index contributed by atoms with van der Waals surface area (Å²) in [6.45, 7) is 5.35. The molecule has 0 N–H and O–H groups in total. The highest BCUT2D eigenvalue weighted by Crippen LogP contribution is 2.21. The summed E-state index contributed by atoms with van der Waals surface area (Å²) in [6.07, 6.45) is 2.62. The quantitative estimate of drug-likeness (QED) is 0.848. The first-order valence-corrected chi connectivity index (χ1v) is 7.01. The van der Waals surface area contributed by atoms with Crippen molar-refractivity contribution in [2.75, 3.05) is 19.7 Å². The maximum absolute atomic E-state index is 5.80. The Labute approximate surface area is 118 Å². The van der Waals surface area contributed by atoms with E-state index in [0.29, 0.717) is 6.61 Å². The van der Waals surface area contributed by atoms with Crippen molar-refractivity contribution in [3.8, 4) is 0 Å². The summed E-state index contributed by atoms with van der Waals surface area (Å²) in [5, 5.41) is 8.05. The van der Waals surface area contributed by atoms with Gasteiger partial charge in [-0.25, -0.2) is 0 Å². The number of morpholine rings is 1. The Balaban J connectivity index is 1.65. The van der Waals surface area contributed by atoms with Crippen LogP contribution in [-0.4, -0.2) is 39.4 Å². The van der Waals surface area contributed by atoms with Gasteiger partial charge in [-0.3, -0.25) is 4.90 Å². The molecule has 20 heavy (non-hydrogen) atoms. The summed E-state index contributed by atoms with van der Waals surface area (Å²) in [5.41, 5.74) is 0. The van der Waals surface area contributed by atoms with Gasteiger partial charge >= 0.3 is 0 Å². The Hall–Kier alpha value is -1.66. The molecule has 1 unspecified atom stereocenters. The molecule has 1 atom stereocenters. The van der Waals surface area contributed by atoms with Crippen LogP contribution >= 0.6 is 0 Å². The molecular weight excluding hydrogens is 256 g/mol. The second-order valence-electron chi connectivity index (χ2n) is 5.12. The molecule has 0 aliphatic carbocycles. The van der Waals surface area contributed by atoms with E-state index in [0.717, 1.165) is 43.4 Å². The first-order chi connectivity index (χ1) is 9.76. The molecule has 0 saturated carbocycles. The van der Waals surface area contributed by atoms with Crippen LogP contribution in [-0.2, 0) is 24.8 Å². The summed E-state index contributed by atoms with van der Waals surface area (Å²) in [6, 6.07) is 4.11. The van der Waals surface area contributed by atoms with Gasteiger partial charge in [0.05, 0.1) is 13.2 Å². The van der Waals surface area contributed by atoms with E-state index in [1.807, 2.05) is 11.6 Å². The number of nitrogens with zero attached hydrogens (tertiary/aromatic N) is 4. The fourth-order valence-electron chi connectivity index (χ4n) is 2.50. The molecule has 1 aliphatic heterocycles. The molecule has 2 aromatic heterocycles. The lowest BCUT2D eigenvalue weighted by Crippen LogP contribution is -2.38. The summed E-state index contributed by atoms with van der Waals surface area (Å²) in [5.74, 6) is 2.93. The number of rotatable bonds is 4. The van der Waals surface area contributed by atoms with Crippen molar-refractivity contribution in [3.05, 3.63) is 35.8 Å². The number of hydrogen-bond donors (Lipinski definition) is 0. The van der Waals surface area contributed by atoms with E-state index in [4.69, 9.17) is 9.15 Å². The highest BCUT2D eigenvalue weighted by atomic mass is 16.5. The van der Waals surface area contributed by atoms with Gasteiger partial charge in [0.15, 0.2) is 5.82 Å². The van der Waals surface area contributed by atoms with E-state index in [2.05, 4.69) is 34.2 Å². The Morgan fingerprint density at radius 1 is 1.35 bits per heavy atom. The van der Waals surface area contributed by atoms with Gasteiger partial charge in [-0.15, -0.1) is 10.2 Å². The second kappa shape index (κ2) is 5.76. The van der Waals surface area contributed by atoms with Crippen molar-refractivity contribution in [3.63, 3.8) is 0 Å². The van der Waals surface area contributed by atoms with Crippen molar-refractivity contribution >= 4 is 0 Å². The first-order valence-electron chi connectivity index (χ1n) is 7.01. The third kappa shape index (κ3) is 2.76. The Bertz CT molecular complexity index is 563. The Kier molecular flexibility index (Phi) is 3.84. The molecule has 1 aliphatic rings. The maximum atomic E-state index is 5.80. The van der Waals surface area contributed by atoms with E-state index in [-0.39, 0.29) is 6.10 Å². The van der Waals surface area contributed by atoms with Crippen LogP contribution in [0, 0.1) is 0 Å². The van der Waals surface area contributed by atoms with Gasteiger partial charge in [0.2, 0.25) is 0 Å². The lowest BCUT2D eigenvalue weighted by molar-refractivity contribution is -0.0403. The van der Waals surface area contributed by atoms with Crippen LogP contribution in [0.4, 0.5) is 0 Å². The second-order valence-corrected chi connectivity index (χ2v) is 5.12. The minimum Gasteiger partial charge on any atom is -0.465 e. The number of aryl methyl sites for hydroxylation is 2. The lowest BCUT2D eigenvalue weighted by atomic mass is 10.2. The molecule has 6 nitrogen and oxygen atoms in total. The van der Waals surface area contributed by atoms with Gasteiger partial charge in [0.1, 0.15) is 24.0 Å². The number of aromatic nitrogens is 3. The highest BCUT2D eigenvalue weighted by molar-refractivity contribution is 5.07. The number of hydrogen-bond acceptors (Lipinski definition) is 5. The molecule has 1 fully saturated rings. The van der Waals surface area contributed by atoms with Crippen LogP contribution in [0.25, 0.3) is 0 Å². The van der Waals surface area contributed by atoms with E-state index in [1.165, 1.54) is 0 Å². The predicted molar refractivity (Wildman–Crippen MR) is 73.1 cm³/mol. The average molecular weight is 276 g/mol. The Morgan fingerprint density at radius 3 is 2.90 bits per heavy atom. The minimum absolute atomic E-state index is 0.0168. The van der Waals surface area contributed by atoms with Crippen molar-refractivity contribution in [2.45, 2.75) is 26.0 Å². The third-order valence-corrected chi connectivity index (χ3v) is 3.63. The molecule has 3 heterocycles. The SMILES string of the molecule is CCc1ccc(CN2CCOC(c3nncn3C)C2)o1. The molecule has 0 bridgehead atoms. The monoisotopic (exact) mass is 276 g/mol. The van der Waals surface area contributed by atoms with E-state index in [1.54, 1.807) is 6.33 Å². The minimum atomic E-state index is -0.0168. The third-order valence-electron chi connectivity index (χ3n) is 3.63.